The molecule has 0 amide bonds. The molecule has 1 N–H and O–H groups in total. The smallest absolute Gasteiger partial charge is 0.0394 e. The fourth-order valence-corrected chi connectivity index (χ4v) is 3.48. The third kappa shape index (κ3) is 3.06. The fourth-order valence-electron chi connectivity index (χ4n) is 1.59. The van der Waals surface area contributed by atoms with Crippen molar-refractivity contribution in [3.8, 4) is 0 Å². The maximum absolute atomic E-state index is 11.6. The number of hydrogen-bond acceptors (Lipinski definition) is 2. The lowest BCUT2D eigenvalue weighted by Gasteiger charge is -2.38. The van der Waals surface area contributed by atoms with E-state index < -0.39 is 10.8 Å². The van der Waals surface area contributed by atoms with E-state index in [0.29, 0.717) is 12.1 Å². The van der Waals surface area contributed by atoms with Crippen LogP contribution in [0.25, 0.3) is 0 Å². The van der Waals surface area contributed by atoms with E-state index in [4.69, 9.17) is 0 Å². The van der Waals surface area contributed by atoms with Crippen molar-refractivity contribution >= 4 is 10.8 Å². The zero-order valence-electron chi connectivity index (χ0n) is 9.09. The summed E-state index contributed by atoms with van der Waals surface area (Å²) in [6.07, 6.45) is 1.08. The van der Waals surface area contributed by atoms with Crippen molar-refractivity contribution in [2.24, 2.45) is 5.41 Å². The Morgan fingerprint density at radius 3 is 2.46 bits per heavy atom. The molecule has 3 atom stereocenters. The van der Waals surface area contributed by atoms with Crippen LogP contribution in [0.1, 0.15) is 34.1 Å². The van der Waals surface area contributed by atoms with Gasteiger partial charge >= 0.3 is 0 Å². The Morgan fingerprint density at radius 2 is 2.00 bits per heavy atom. The van der Waals surface area contributed by atoms with Gasteiger partial charge in [0.2, 0.25) is 0 Å². The Hall–Kier alpha value is 0.110. The van der Waals surface area contributed by atoms with Crippen molar-refractivity contribution in [3.05, 3.63) is 0 Å². The van der Waals surface area contributed by atoms with Gasteiger partial charge in [0.25, 0.3) is 0 Å². The van der Waals surface area contributed by atoms with Crippen LogP contribution in [0.5, 0.6) is 0 Å². The van der Waals surface area contributed by atoms with Crippen LogP contribution >= 0.6 is 0 Å². The zero-order chi connectivity index (χ0) is 10.1. The summed E-state index contributed by atoms with van der Waals surface area (Å²) in [5.74, 6) is 1.66. The molecule has 1 fully saturated rings. The molecule has 1 saturated heterocycles. The van der Waals surface area contributed by atoms with Crippen molar-refractivity contribution in [3.63, 3.8) is 0 Å². The summed E-state index contributed by atoms with van der Waals surface area (Å²) < 4.78 is 11.6. The van der Waals surface area contributed by atoms with E-state index in [-0.39, 0.29) is 5.41 Å². The van der Waals surface area contributed by atoms with Crippen molar-refractivity contribution in [2.75, 3.05) is 11.5 Å². The molecule has 0 bridgehead atoms. The Morgan fingerprint density at radius 1 is 1.38 bits per heavy atom. The highest BCUT2D eigenvalue weighted by Gasteiger charge is 2.32. The summed E-state index contributed by atoms with van der Waals surface area (Å²) in [5.41, 5.74) is 0.226. The van der Waals surface area contributed by atoms with Gasteiger partial charge in [0, 0.05) is 34.4 Å². The third-order valence-corrected chi connectivity index (χ3v) is 4.19. The van der Waals surface area contributed by atoms with Crippen molar-refractivity contribution in [1.82, 2.24) is 5.32 Å². The van der Waals surface area contributed by atoms with Gasteiger partial charge in [0.15, 0.2) is 0 Å². The minimum Gasteiger partial charge on any atom is -0.309 e. The molecule has 1 rings (SSSR count). The van der Waals surface area contributed by atoms with Gasteiger partial charge < -0.3 is 5.32 Å². The van der Waals surface area contributed by atoms with Crippen LogP contribution in [-0.4, -0.2) is 27.8 Å². The van der Waals surface area contributed by atoms with Gasteiger partial charge in [-0.1, -0.05) is 27.7 Å². The van der Waals surface area contributed by atoms with Crippen molar-refractivity contribution in [2.45, 2.75) is 46.2 Å². The molecule has 1 aliphatic heterocycles. The average molecular weight is 203 g/mol. The van der Waals surface area contributed by atoms with Gasteiger partial charge in [-0.25, -0.2) is 0 Å². The summed E-state index contributed by atoms with van der Waals surface area (Å²) in [6.45, 7) is 8.78. The molecular formula is C10H21NOS. The lowest BCUT2D eigenvalue weighted by atomic mass is 9.87. The number of rotatable bonds is 1. The van der Waals surface area contributed by atoms with Crippen molar-refractivity contribution < 1.29 is 4.21 Å². The van der Waals surface area contributed by atoms with E-state index in [2.05, 4.69) is 33.0 Å². The molecule has 1 aliphatic rings. The first-order chi connectivity index (χ1) is 5.93. The summed E-state index contributed by atoms with van der Waals surface area (Å²) in [7, 11) is -0.609. The topological polar surface area (TPSA) is 29.1 Å². The largest absolute Gasteiger partial charge is 0.309 e. The van der Waals surface area contributed by atoms with E-state index in [1.54, 1.807) is 0 Å². The quantitative estimate of drug-likeness (QED) is 0.700. The minimum absolute atomic E-state index is 0.226. The summed E-state index contributed by atoms with van der Waals surface area (Å²) >= 11 is 0. The van der Waals surface area contributed by atoms with Crippen LogP contribution in [0.2, 0.25) is 0 Å². The Bertz CT molecular complexity index is 198. The molecule has 0 saturated carbocycles. The second-order valence-electron chi connectivity index (χ2n) is 4.96. The monoisotopic (exact) mass is 203 g/mol. The third-order valence-electron chi connectivity index (χ3n) is 2.71. The molecule has 0 aromatic carbocycles. The average Bonchev–Trinajstić information content (AvgIpc) is 2.01. The first kappa shape index (κ1) is 11.2. The molecule has 3 unspecified atom stereocenters. The summed E-state index contributed by atoms with van der Waals surface area (Å²) in [4.78, 5) is 0. The van der Waals surface area contributed by atoms with E-state index in [9.17, 15) is 4.21 Å². The molecule has 0 radical (unpaired) electrons. The molecule has 0 aromatic rings. The van der Waals surface area contributed by atoms with E-state index >= 15 is 0 Å². The highest BCUT2D eigenvalue weighted by atomic mass is 32.2. The summed E-state index contributed by atoms with van der Waals surface area (Å²) in [5, 5.41) is 3.58. The molecule has 1 heterocycles. The predicted molar refractivity (Wildman–Crippen MR) is 58.3 cm³/mol. The standard InChI is InChI=1S/C10H21NOS/c1-5-8-6-13(12)7-9(11-8)10(2,3)4/h8-9,11H,5-7H2,1-4H3. The normalized spacial score (nSPS) is 36.2. The molecule has 78 valence electrons. The maximum atomic E-state index is 11.6. The first-order valence-corrected chi connectivity index (χ1v) is 6.53. The van der Waals surface area contributed by atoms with Crippen LogP contribution in [0, 0.1) is 5.41 Å². The highest BCUT2D eigenvalue weighted by Crippen LogP contribution is 2.23. The van der Waals surface area contributed by atoms with Crippen LogP contribution in [0.3, 0.4) is 0 Å². The van der Waals surface area contributed by atoms with Gasteiger partial charge in [-0.2, -0.15) is 0 Å². The number of nitrogens with one attached hydrogen (secondary N) is 1. The van der Waals surface area contributed by atoms with Crippen LogP contribution in [-0.2, 0) is 10.8 Å². The van der Waals surface area contributed by atoms with Gasteiger partial charge in [0.05, 0.1) is 0 Å². The lowest BCUT2D eigenvalue weighted by Crippen LogP contribution is -2.55. The van der Waals surface area contributed by atoms with Crippen LogP contribution in [0.4, 0.5) is 0 Å². The zero-order valence-corrected chi connectivity index (χ0v) is 9.91. The molecule has 0 aromatic heterocycles. The first-order valence-electron chi connectivity index (χ1n) is 5.04. The van der Waals surface area contributed by atoms with Crippen LogP contribution < -0.4 is 5.32 Å². The molecule has 0 spiro atoms. The van der Waals surface area contributed by atoms with Gasteiger partial charge in [-0.05, 0) is 11.8 Å². The van der Waals surface area contributed by atoms with Crippen LogP contribution in [0.15, 0.2) is 0 Å². The molecule has 3 heteroatoms. The van der Waals surface area contributed by atoms with Gasteiger partial charge in [-0.15, -0.1) is 0 Å². The molecule has 13 heavy (non-hydrogen) atoms. The minimum atomic E-state index is -0.609. The second kappa shape index (κ2) is 4.09. The lowest BCUT2D eigenvalue weighted by molar-refractivity contribution is 0.262. The highest BCUT2D eigenvalue weighted by molar-refractivity contribution is 7.85. The number of hydrogen-bond donors (Lipinski definition) is 1. The maximum Gasteiger partial charge on any atom is 0.0394 e. The molecular weight excluding hydrogens is 182 g/mol. The SMILES string of the molecule is CCC1CS(=O)CC(C(C)(C)C)N1. The Balaban J connectivity index is 2.62. The Labute approximate surface area is 83.9 Å². The second-order valence-corrected chi connectivity index (χ2v) is 6.51. The van der Waals surface area contributed by atoms with Gasteiger partial charge in [0.1, 0.15) is 0 Å². The van der Waals surface area contributed by atoms with E-state index in [0.717, 1.165) is 17.9 Å². The van der Waals surface area contributed by atoms with Crippen molar-refractivity contribution in [1.29, 1.82) is 0 Å². The molecule has 2 nitrogen and oxygen atoms in total. The Kier molecular flexibility index (Phi) is 3.52. The molecule has 0 aliphatic carbocycles. The van der Waals surface area contributed by atoms with E-state index in [1.165, 1.54) is 0 Å². The van der Waals surface area contributed by atoms with Gasteiger partial charge in [-0.3, -0.25) is 4.21 Å². The fraction of sp³-hybridized carbons (Fsp3) is 1.00. The predicted octanol–water partition coefficient (Wildman–Crippen LogP) is 1.53. The van der Waals surface area contributed by atoms with E-state index in [1.807, 2.05) is 0 Å². The summed E-state index contributed by atoms with van der Waals surface area (Å²) in [6, 6.07) is 0.867.